The van der Waals surface area contributed by atoms with Gasteiger partial charge >= 0.3 is 6.03 Å². The molecule has 0 aromatic rings. The summed E-state index contributed by atoms with van der Waals surface area (Å²) in [6.45, 7) is 2.63. The average molecular weight is 214 g/mol. The van der Waals surface area contributed by atoms with Crippen molar-refractivity contribution in [3.8, 4) is 0 Å². The van der Waals surface area contributed by atoms with Gasteiger partial charge in [-0.1, -0.05) is 0 Å². The number of nitrogens with one attached hydrogen (secondary N) is 2. The zero-order valence-electron chi connectivity index (χ0n) is 8.95. The molecule has 0 aromatic carbocycles. The maximum absolute atomic E-state index is 11.1. The molecule has 1 heterocycles. The van der Waals surface area contributed by atoms with Crippen LogP contribution in [0.2, 0.25) is 0 Å². The van der Waals surface area contributed by atoms with Crippen LogP contribution in [0.1, 0.15) is 12.8 Å². The Hall–Kier alpha value is -1.14. The van der Waals surface area contributed by atoms with Crippen molar-refractivity contribution in [3.05, 3.63) is 0 Å². The number of rotatable bonds is 4. The lowest BCUT2D eigenvalue weighted by Crippen LogP contribution is -2.37. The molecule has 6 heteroatoms. The lowest BCUT2D eigenvalue weighted by Gasteiger charge is -2.14. The average Bonchev–Trinajstić information content (AvgIpc) is 2.61. The van der Waals surface area contributed by atoms with Gasteiger partial charge in [-0.2, -0.15) is 0 Å². The number of nitrogens with zero attached hydrogens (tertiary/aromatic N) is 1. The lowest BCUT2D eigenvalue weighted by atomic mass is 10.3. The van der Waals surface area contributed by atoms with Crippen molar-refractivity contribution in [1.82, 2.24) is 15.5 Å². The van der Waals surface area contributed by atoms with Crippen molar-refractivity contribution >= 4 is 11.9 Å². The molecule has 1 unspecified atom stereocenters. The number of primary amides is 1. The normalized spacial score (nSPS) is 21.5. The van der Waals surface area contributed by atoms with Gasteiger partial charge in [-0.25, -0.2) is 4.79 Å². The second-order valence-corrected chi connectivity index (χ2v) is 3.74. The lowest BCUT2D eigenvalue weighted by molar-refractivity contribution is -0.120. The van der Waals surface area contributed by atoms with Gasteiger partial charge in [0.05, 0.1) is 0 Å². The van der Waals surface area contributed by atoms with Crippen LogP contribution in [0.4, 0.5) is 4.79 Å². The molecular formula is C9H18N4O2. The van der Waals surface area contributed by atoms with Gasteiger partial charge in [0.1, 0.15) is 0 Å². The van der Waals surface area contributed by atoms with Crippen LogP contribution in [-0.4, -0.2) is 49.6 Å². The molecule has 86 valence electrons. The maximum Gasteiger partial charge on any atom is 0.318 e. The molecule has 0 aromatic heterocycles. The fourth-order valence-corrected chi connectivity index (χ4v) is 1.73. The minimum atomic E-state index is -0.783. The molecule has 1 saturated heterocycles. The number of urea groups is 1. The van der Waals surface area contributed by atoms with E-state index in [1.165, 1.54) is 0 Å². The summed E-state index contributed by atoms with van der Waals surface area (Å²) in [6.07, 6.45) is 1.42. The smallest absolute Gasteiger partial charge is 0.318 e. The second kappa shape index (κ2) is 5.67. The molecule has 1 aliphatic heterocycles. The molecule has 3 amide bonds. The standard InChI is InChI=1S/C9H18N4O2/c1-11-7-2-4-13(6-7)5-3-8(14)12-9(10)15/h7,11H,2-6H2,1H3,(H3,10,12,14,15). The van der Waals surface area contributed by atoms with Crippen molar-refractivity contribution in [1.29, 1.82) is 0 Å². The molecule has 0 radical (unpaired) electrons. The molecule has 15 heavy (non-hydrogen) atoms. The number of hydrogen-bond acceptors (Lipinski definition) is 4. The predicted octanol–water partition coefficient (Wildman–Crippen LogP) is -1.13. The zero-order valence-corrected chi connectivity index (χ0v) is 8.95. The van der Waals surface area contributed by atoms with Crippen molar-refractivity contribution in [2.45, 2.75) is 18.9 Å². The first-order chi connectivity index (χ1) is 7.11. The highest BCUT2D eigenvalue weighted by Crippen LogP contribution is 2.08. The number of likely N-dealkylation sites (tertiary alicyclic amines) is 1. The highest BCUT2D eigenvalue weighted by atomic mass is 16.2. The highest BCUT2D eigenvalue weighted by Gasteiger charge is 2.20. The van der Waals surface area contributed by atoms with E-state index < -0.39 is 6.03 Å². The molecule has 1 rings (SSSR count). The molecule has 0 bridgehead atoms. The van der Waals surface area contributed by atoms with Crippen LogP contribution >= 0.6 is 0 Å². The molecule has 1 aliphatic rings. The number of likely N-dealkylation sites (N-methyl/N-ethyl adjacent to an activating group) is 1. The summed E-state index contributed by atoms with van der Waals surface area (Å²) in [6, 6.07) is -0.265. The van der Waals surface area contributed by atoms with Gasteiger partial charge < -0.3 is 16.0 Å². The van der Waals surface area contributed by atoms with E-state index in [1.807, 2.05) is 12.4 Å². The predicted molar refractivity (Wildman–Crippen MR) is 56.2 cm³/mol. The summed E-state index contributed by atoms with van der Waals surface area (Å²) in [5.74, 6) is -0.310. The Balaban J connectivity index is 2.15. The summed E-state index contributed by atoms with van der Waals surface area (Å²) in [7, 11) is 1.94. The molecule has 0 spiro atoms. The van der Waals surface area contributed by atoms with Gasteiger partial charge in [0.2, 0.25) is 5.91 Å². The van der Waals surface area contributed by atoms with Gasteiger partial charge in [0.25, 0.3) is 0 Å². The number of imide groups is 1. The fraction of sp³-hybridized carbons (Fsp3) is 0.778. The van der Waals surface area contributed by atoms with Crippen LogP contribution in [0, 0.1) is 0 Å². The van der Waals surface area contributed by atoms with Crippen LogP contribution in [0.5, 0.6) is 0 Å². The first kappa shape index (κ1) is 11.9. The van der Waals surface area contributed by atoms with Crippen LogP contribution in [-0.2, 0) is 4.79 Å². The van der Waals surface area contributed by atoms with Crippen molar-refractivity contribution in [3.63, 3.8) is 0 Å². The summed E-state index contributed by atoms with van der Waals surface area (Å²) in [5, 5.41) is 5.25. The van der Waals surface area contributed by atoms with Crippen LogP contribution < -0.4 is 16.4 Å². The van der Waals surface area contributed by atoms with Gasteiger partial charge in [0, 0.05) is 25.6 Å². The third kappa shape index (κ3) is 4.26. The Morgan fingerprint density at radius 3 is 2.80 bits per heavy atom. The highest BCUT2D eigenvalue weighted by molar-refractivity contribution is 5.93. The molecule has 1 fully saturated rings. The number of carbonyl (C=O) groups excluding carboxylic acids is 2. The Labute approximate surface area is 89.2 Å². The van der Waals surface area contributed by atoms with Gasteiger partial charge in [0.15, 0.2) is 0 Å². The van der Waals surface area contributed by atoms with Crippen molar-refractivity contribution in [2.24, 2.45) is 5.73 Å². The van der Waals surface area contributed by atoms with E-state index in [-0.39, 0.29) is 5.91 Å². The molecule has 4 N–H and O–H groups in total. The zero-order chi connectivity index (χ0) is 11.3. The molecule has 0 aliphatic carbocycles. The largest absolute Gasteiger partial charge is 0.351 e. The van der Waals surface area contributed by atoms with Crippen LogP contribution in [0.15, 0.2) is 0 Å². The summed E-state index contributed by atoms with van der Waals surface area (Å²) in [5.41, 5.74) is 4.83. The third-order valence-electron chi connectivity index (χ3n) is 2.60. The Kier molecular flexibility index (Phi) is 4.51. The van der Waals surface area contributed by atoms with E-state index in [4.69, 9.17) is 5.73 Å². The minimum absolute atomic E-state index is 0.310. The maximum atomic E-state index is 11.1. The first-order valence-electron chi connectivity index (χ1n) is 5.10. The summed E-state index contributed by atoms with van der Waals surface area (Å²) < 4.78 is 0. The van der Waals surface area contributed by atoms with Crippen LogP contribution in [0.3, 0.4) is 0 Å². The Morgan fingerprint density at radius 1 is 1.53 bits per heavy atom. The fourth-order valence-electron chi connectivity index (χ4n) is 1.73. The quantitative estimate of drug-likeness (QED) is 0.552. The topological polar surface area (TPSA) is 87.5 Å². The summed E-state index contributed by atoms with van der Waals surface area (Å²) >= 11 is 0. The first-order valence-corrected chi connectivity index (χ1v) is 5.10. The molecule has 0 saturated carbocycles. The Morgan fingerprint density at radius 2 is 2.27 bits per heavy atom. The number of amides is 3. The van der Waals surface area contributed by atoms with E-state index >= 15 is 0 Å². The summed E-state index contributed by atoms with van der Waals surface area (Å²) in [4.78, 5) is 23.7. The van der Waals surface area contributed by atoms with Crippen LogP contribution in [0.25, 0.3) is 0 Å². The number of hydrogen-bond donors (Lipinski definition) is 3. The van der Waals surface area contributed by atoms with E-state index in [9.17, 15) is 9.59 Å². The van der Waals surface area contributed by atoms with Gasteiger partial charge in [-0.3, -0.25) is 10.1 Å². The Bertz CT molecular complexity index is 244. The van der Waals surface area contributed by atoms with E-state index in [1.54, 1.807) is 0 Å². The van der Waals surface area contributed by atoms with Crippen molar-refractivity contribution in [2.75, 3.05) is 26.7 Å². The van der Waals surface area contributed by atoms with E-state index in [2.05, 4.69) is 10.2 Å². The van der Waals surface area contributed by atoms with E-state index in [0.29, 0.717) is 19.0 Å². The van der Waals surface area contributed by atoms with Gasteiger partial charge in [-0.05, 0) is 20.0 Å². The number of carbonyl (C=O) groups is 2. The van der Waals surface area contributed by atoms with Crippen molar-refractivity contribution < 1.29 is 9.59 Å². The SMILES string of the molecule is CNC1CCN(CCC(=O)NC(N)=O)C1. The van der Waals surface area contributed by atoms with Gasteiger partial charge in [-0.15, -0.1) is 0 Å². The monoisotopic (exact) mass is 214 g/mol. The second-order valence-electron chi connectivity index (χ2n) is 3.74. The third-order valence-corrected chi connectivity index (χ3v) is 2.60. The number of nitrogens with two attached hydrogens (primary N) is 1. The van der Waals surface area contributed by atoms with E-state index in [0.717, 1.165) is 19.5 Å². The molecule has 1 atom stereocenters. The molecule has 6 nitrogen and oxygen atoms in total. The molecular weight excluding hydrogens is 196 g/mol. The minimum Gasteiger partial charge on any atom is -0.351 e.